The Balaban J connectivity index is 2.02. The number of nitrogens with zero attached hydrogens (tertiary/aromatic N) is 1. The van der Waals surface area contributed by atoms with E-state index in [0.29, 0.717) is 6.04 Å². The van der Waals surface area contributed by atoms with Crippen molar-refractivity contribution < 1.29 is 0 Å². The summed E-state index contributed by atoms with van der Waals surface area (Å²) >= 11 is 1.85. The molecule has 2 aliphatic rings. The van der Waals surface area contributed by atoms with Gasteiger partial charge < -0.3 is 0 Å². The van der Waals surface area contributed by atoms with Gasteiger partial charge in [0.05, 0.1) is 11.1 Å². The molecule has 0 saturated heterocycles. The molecule has 0 N–H and O–H groups in total. The number of fused-ring (bicyclic) bond motifs is 1. The van der Waals surface area contributed by atoms with E-state index in [-0.39, 0.29) is 0 Å². The lowest BCUT2D eigenvalue weighted by molar-refractivity contribution is 0.337. The molecule has 0 spiro atoms. The smallest absolute Gasteiger partial charge is 0.0680 e. The predicted molar refractivity (Wildman–Crippen MR) is 51.3 cm³/mol. The van der Waals surface area contributed by atoms with E-state index in [2.05, 4.69) is 6.26 Å². The molecule has 0 amide bonds. The molecule has 1 fully saturated rings. The summed E-state index contributed by atoms with van der Waals surface area (Å²) in [7, 11) is 0. The lowest BCUT2D eigenvalue weighted by atomic mass is 9.85. The number of hydrogen-bond acceptors (Lipinski definition) is 2. The molecule has 0 aromatic carbocycles. The van der Waals surface area contributed by atoms with Gasteiger partial charge in [-0.3, -0.25) is 4.99 Å². The molecular formula is C9H15NS. The Hall–Kier alpha value is 0.0200. The predicted octanol–water partition coefficient (Wildman–Crippen LogP) is 2.71. The summed E-state index contributed by atoms with van der Waals surface area (Å²) in [6.07, 6.45) is 9.07. The Bertz CT molecular complexity index is 176. The molecule has 0 radical (unpaired) electrons. The summed E-state index contributed by atoms with van der Waals surface area (Å²) in [5.74, 6) is 0.922. The molecular weight excluding hydrogens is 154 g/mol. The Morgan fingerprint density at radius 3 is 2.91 bits per heavy atom. The molecule has 1 heterocycles. The second kappa shape index (κ2) is 3.18. The largest absolute Gasteiger partial charge is 0.279 e. The molecule has 11 heavy (non-hydrogen) atoms. The summed E-state index contributed by atoms with van der Waals surface area (Å²) in [6.45, 7) is 0. The maximum Gasteiger partial charge on any atom is 0.0680 e. The molecule has 1 aliphatic carbocycles. The van der Waals surface area contributed by atoms with Crippen LogP contribution in [0.2, 0.25) is 0 Å². The first-order chi connectivity index (χ1) is 5.40. The van der Waals surface area contributed by atoms with Gasteiger partial charge in [0, 0.05) is 6.42 Å². The molecule has 1 aliphatic heterocycles. The Labute approximate surface area is 72.7 Å². The standard InChI is InChI=1S/C9H15NS/c1-11-9-6-7-4-2-3-5-8(7)10-9/h7-8H,2-6H2,1H3. The highest BCUT2D eigenvalue weighted by molar-refractivity contribution is 8.13. The number of rotatable bonds is 0. The van der Waals surface area contributed by atoms with Crippen molar-refractivity contribution in [1.29, 1.82) is 0 Å². The van der Waals surface area contributed by atoms with Gasteiger partial charge in [-0.1, -0.05) is 12.8 Å². The lowest BCUT2D eigenvalue weighted by Gasteiger charge is -2.22. The van der Waals surface area contributed by atoms with Gasteiger partial charge in [-0.05, 0) is 25.0 Å². The number of aliphatic imine (C=N–C) groups is 1. The Morgan fingerprint density at radius 2 is 2.18 bits per heavy atom. The minimum absolute atomic E-state index is 0.714. The zero-order valence-corrected chi connectivity index (χ0v) is 7.86. The second-order valence-corrected chi connectivity index (χ2v) is 4.42. The molecule has 1 saturated carbocycles. The van der Waals surface area contributed by atoms with Crippen LogP contribution in [-0.2, 0) is 0 Å². The second-order valence-electron chi connectivity index (χ2n) is 3.54. The van der Waals surface area contributed by atoms with Crippen molar-refractivity contribution >= 4 is 16.8 Å². The van der Waals surface area contributed by atoms with Crippen LogP contribution in [-0.4, -0.2) is 17.3 Å². The third-order valence-corrected chi connectivity index (χ3v) is 3.59. The third kappa shape index (κ3) is 1.46. The summed E-state index contributed by atoms with van der Waals surface area (Å²) in [5.41, 5.74) is 0. The van der Waals surface area contributed by atoms with Crippen molar-refractivity contribution in [3.8, 4) is 0 Å². The quantitative estimate of drug-likeness (QED) is 0.543. The van der Waals surface area contributed by atoms with E-state index >= 15 is 0 Å². The Morgan fingerprint density at radius 1 is 1.36 bits per heavy atom. The third-order valence-electron chi connectivity index (χ3n) is 2.85. The van der Waals surface area contributed by atoms with Crippen molar-refractivity contribution in [3.05, 3.63) is 0 Å². The first-order valence-corrected chi connectivity index (χ1v) is 5.73. The van der Waals surface area contributed by atoms with Gasteiger partial charge in [0.1, 0.15) is 0 Å². The maximum atomic E-state index is 4.71. The summed E-state index contributed by atoms with van der Waals surface area (Å²) in [5, 5.41) is 1.40. The zero-order valence-electron chi connectivity index (χ0n) is 7.05. The van der Waals surface area contributed by atoms with Crippen molar-refractivity contribution in [2.24, 2.45) is 10.9 Å². The van der Waals surface area contributed by atoms with Gasteiger partial charge in [-0.25, -0.2) is 0 Å². The first-order valence-electron chi connectivity index (χ1n) is 4.51. The molecule has 0 aromatic heterocycles. The molecule has 2 heteroatoms. The van der Waals surface area contributed by atoms with E-state index in [1.807, 2.05) is 11.8 Å². The normalized spacial score (nSPS) is 36.6. The van der Waals surface area contributed by atoms with Crippen LogP contribution in [0.5, 0.6) is 0 Å². The molecule has 0 bridgehead atoms. The maximum absolute atomic E-state index is 4.71. The average molecular weight is 169 g/mol. The Kier molecular flexibility index (Phi) is 2.21. The fourth-order valence-corrected chi connectivity index (χ4v) is 2.82. The highest BCUT2D eigenvalue weighted by Gasteiger charge is 2.30. The van der Waals surface area contributed by atoms with Crippen molar-refractivity contribution in [2.45, 2.75) is 38.1 Å². The van der Waals surface area contributed by atoms with Crippen LogP contribution in [0.3, 0.4) is 0 Å². The van der Waals surface area contributed by atoms with Gasteiger partial charge in [0.25, 0.3) is 0 Å². The van der Waals surface area contributed by atoms with Gasteiger partial charge in [0.2, 0.25) is 0 Å². The molecule has 62 valence electrons. The van der Waals surface area contributed by atoms with Gasteiger partial charge >= 0.3 is 0 Å². The van der Waals surface area contributed by atoms with Crippen LogP contribution in [0.1, 0.15) is 32.1 Å². The van der Waals surface area contributed by atoms with Gasteiger partial charge in [-0.15, -0.1) is 11.8 Å². The molecule has 2 atom stereocenters. The summed E-state index contributed by atoms with van der Waals surface area (Å²) < 4.78 is 0. The summed E-state index contributed by atoms with van der Waals surface area (Å²) in [6, 6.07) is 0.714. The highest BCUT2D eigenvalue weighted by Crippen LogP contribution is 2.36. The van der Waals surface area contributed by atoms with Gasteiger partial charge in [-0.2, -0.15) is 0 Å². The fourth-order valence-electron chi connectivity index (χ4n) is 2.19. The summed E-state index contributed by atoms with van der Waals surface area (Å²) in [4.78, 5) is 4.71. The monoisotopic (exact) mass is 169 g/mol. The van der Waals surface area contributed by atoms with E-state index in [4.69, 9.17) is 4.99 Å². The van der Waals surface area contributed by atoms with E-state index in [1.165, 1.54) is 37.1 Å². The van der Waals surface area contributed by atoms with E-state index < -0.39 is 0 Å². The van der Waals surface area contributed by atoms with Crippen LogP contribution in [0.25, 0.3) is 0 Å². The van der Waals surface area contributed by atoms with Crippen LogP contribution in [0.4, 0.5) is 0 Å². The van der Waals surface area contributed by atoms with Crippen LogP contribution in [0.15, 0.2) is 4.99 Å². The van der Waals surface area contributed by atoms with Crippen molar-refractivity contribution in [2.75, 3.05) is 6.26 Å². The van der Waals surface area contributed by atoms with E-state index in [0.717, 1.165) is 5.92 Å². The van der Waals surface area contributed by atoms with E-state index in [1.54, 1.807) is 0 Å². The number of hydrogen-bond donors (Lipinski definition) is 0. The molecule has 2 rings (SSSR count). The molecule has 1 nitrogen and oxygen atoms in total. The fraction of sp³-hybridized carbons (Fsp3) is 0.889. The zero-order chi connectivity index (χ0) is 7.68. The molecule has 0 aromatic rings. The van der Waals surface area contributed by atoms with Crippen LogP contribution in [0, 0.1) is 5.92 Å². The van der Waals surface area contributed by atoms with Crippen LogP contribution >= 0.6 is 11.8 Å². The highest BCUT2D eigenvalue weighted by atomic mass is 32.2. The van der Waals surface area contributed by atoms with Crippen molar-refractivity contribution in [1.82, 2.24) is 0 Å². The first kappa shape index (κ1) is 7.66. The van der Waals surface area contributed by atoms with Gasteiger partial charge in [0.15, 0.2) is 0 Å². The lowest BCUT2D eigenvalue weighted by Crippen LogP contribution is -2.18. The van der Waals surface area contributed by atoms with E-state index in [9.17, 15) is 0 Å². The SMILES string of the molecule is CSC1=NC2CCCCC2C1. The minimum atomic E-state index is 0.714. The average Bonchev–Trinajstić information content (AvgIpc) is 2.46. The number of thioether (sulfide) groups is 1. The van der Waals surface area contributed by atoms with Crippen molar-refractivity contribution in [3.63, 3.8) is 0 Å². The topological polar surface area (TPSA) is 12.4 Å². The molecule has 2 unspecified atom stereocenters. The van der Waals surface area contributed by atoms with Crippen LogP contribution < -0.4 is 0 Å². The minimum Gasteiger partial charge on any atom is -0.279 e.